The molecule has 9 nitrogen and oxygen atoms in total. The zero-order valence-corrected chi connectivity index (χ0v) is 19.9. The van der Waals surface area contributed by atoms with Gasteiger partial charge in [-0.2, -0.15) is 0 Å². The number of rotatable bonds is 8. The number of carbonyl (C=O) groups is 1. The lowest BCUT2D eigenvalue weighted by Crippen LogP contribution is -2.42. The minimum absolute atomic E-state index is 0.0721. The van der Waals surface area contributed by atoms with Crippen molar-refractivity contribution in [1.82, 2.24) is 9.13 Å². The van der Waals surface area contributed by atoms with Gasteiger partial charge in [-0.25, -0.2) is 9.18 Å². The van der Waals surface area contributed by atoms with Crippen molar-refractivity contribution in [3.63, 3.8) is 0 Å². The summed E-state index contributed by atoms with van der Waals surface area (Å²) in [6, 6.07) is 15.2. The maximum atomic E-state index is 13.4. The highest BCUT2D eigenvalue weighted by Crippen LogP contribution is 2.39. The van der Waals surface area contributed by atoms with E-state index in [9.17, 15) is 18.8 Å². The third-order valence-electron chi connectivity index (χ3n) is 5.64. The second kappa shape index (κ2) is 10.3. The van der Waals surface area contributed by atoms with Gasteiger partial charge in [-0.3, -0.25) is 18.7 Å². The molecule has 0 atom stereocenters. The summed E-state index contributed by atoms with van der Waals surface area (Å²) in [6.07, 6.45) is 0. The molecule has 4 rings (SSSR count). The van der Waals surface area contributed by atoms with Crippen LogP contribution >= 0.6 is 0 Å². The van der Waals surface area contributed by atoms with Crippen LogP contribution in [0.15, 0.2) is 70.3 Å². The summed E-state index contributed by atoms with van der Waals surface area (Å²) < 4.78 is 31.5. The Bertz CT molecular complexity index is 1520. The number of anilines is 1. The van der Waals surface area contributed by atoms with E-state index < -0.39 is 23.0 Å². The number of nitrogens with one attached hydrogen (secondary N) is 1. The number of nitrogens with zero attached hydrogens (tertiary/aromatic N) is 2. The number of aromatic nitrogens is 2. The third kappa shape index (κ3) is 4.78. The molecule has 1 amide bonds. The molecule has 0 unspecified atom stereocenters. The molecule has 1 heterocycles. The molecular weight excluding hydrogens is 469 g/mol. The average Bonchev–Trinajstić information content (AvgIpc) is 2.89. The van der Waals surface area contributed by atoms with Crippen molar-refractivity contribution in [3.05, 3.63) is 92.9 Å². The van der Waals surface area contributed by atoms with Gasteiger partial charge in [0.1, 0.15) is 12.4 Å². The van der Waals surface area contributed by atoms with Gasteiger partial charge in [0.05, 0.1) is 38.8 Å². The van der Waals surface area contributed by atoms with E-state index in [1.165, 1.54) is 50.2 Å². The summed E-state index contributed by atoms with van der Waals surface area (Å²) in [5.74, 6) is 0.132. The molecule has 0 fully saturated rings. The number of benzene rings is 3. The number of methoxy groups -OCH3 is 3. The van der Waals surface area contributed by atoms with Crippen molar-refractivity contribution in [2.75, 3.05) is 26.6 Å². The Hall–Kier alpha value is -4.60. The van der Waals surface area contributed by atoms with Gasteiger partial charge < -0.3 is 19.5 Å². The number of amides is 1. The zero-order chi connectivity index (χ0) is 25.8. The van der Waals surface area contributed by atoms with Crippen LogP contribution in [-0.2, 0) is 17.9 Å². The normalized spacial score (nSPS) is 10.8. The van der Waals surface area contributed by atoms with Crippen LogP contribution in [0.4, 0.5) is 10.1 Å². The molecule has 1 N–H and O–H groups in total. The van der Waals surface area contributed by atoms with Crippen LogP contribution in [0.25, 0.3) is 10.9 Å². The Kier molecular flexibility index (Phi) is 7.05. The predicted molar refractivity (Wildman–Crippen MR) is 133 cm³/mol. The molecule has 0 radical (unpaired) electrons. The Labute approximate surface area is 205 Å². The van der Waals surface area contributed by atoms with E-state index in [4.69, 9.17) is 14.2 Å². The highest BCUT2D eigenvalue weighted by Gasteiger charge is 2.18. The van der Waals surface area contributed by atoms with E-state index in [2.05, 4.69) is 5.32 Å². The standard InChI is InChI=1S/C26H24FN3O6/c1-34-21-12-18(13-22(35-2)24(21)36-3)28-23(31)15-29-20-7-5-4-6-19(20)25(32)30(26(29)33)14-16-8-10-17(27)11-9-16/h4-13H,14-15H2,1-3H3,(H,28,31). The van der Waals surface area contributed by atoms with Crippen LogP contribution in [0.1, 0.15) is 5.56 Å². The first-order valence-corrected chi connectivity index (χ1v) is 10.9. The van der Waals surface area contributed by atoms with Gasteiger partial charge in [0.25, 0.3) is 5.56 Å². The molecule has 0 saturated carbocycles. The summed E-state index contributed by atoms with van der Waals surface area (Å²) in [6.45, 7) is -0.434. The summed E-state index contributed by atoms with van der Waals surface area (Å²) in [5, 5.41) is 3.01. The fourth-order valence-corrected chi connectivity index (χ4v) is 3.93. The van der Waals surface area contributed by atoms with Crippen LogP contribution in [0.2, 0.25) is 0 Å². The van der Waals surface area contributed by atoms with Gasteiger partial charge in [0.2, 0.25) is 11.7 Å². The highest BCUT2D eigenvalue weighted by molar-refractivity contribution is 5.92. The SMILES string of the molecule is COc1cc(NC(=O)Cn2c(=O)n(Cc3ccc(F)cc3)c(=O)c3ccccc32)cc(OC)c1OC. The number of halogens is 1. The summed E-state index contributed by atoms with van der Waals surface area (Å²) in [7, 11) is 4.38. The van der Waals surface area contributed by atoms with E-state index in [0.29, 0.717) is 34.0 Å². The number of ether oxygens (including phenoxy) is 3. The largest absolute Gasteiger partial charge is 0.493 e. The maximum Gasteiger partial charge on any atom is 0.332 e. The van der Waals surface area contributed by atoms with Crippen molar-refractivity contribution in [3.8, 4) is 17.2 Å². The summed E-state index contributed by atoms with van der Waals surface area (Å²) >= 11 is 0. The van der Waals surface area contributed by atoms with Crippen LogP contribution in [-0.4, -0.2) is 36.4 Å². The van der Waals surface area contributed by atoms with E-state index >= 15 is 0 Å². The fourth-order valence-electron chi connectivity index (χ4n) is 3.93. The molecule has 10 heteroatoms. The molecule has 0 bridgehead atoms. The second-order valence-electron chi connectivity index (χ2n) is 7.87. The molecule has 0 aliphatic rings. The summed E-state index contributed by atoms with van der Waals surface area (Å²) in [5.41, 5.74) is 0.0953. The minimum Gasteiger partial charge on any atom is -0.493 e. The van der Waals surface area contributed by atoms with E-state index in [-0.39, 0.29) is 18.5 Å². The Morgan fingerprint density at radius 1 is 0.889 bits per heavy atom. The van der Waals surface area contributed by atoms with Crippen molar-refractivity contribution in [2.45, 2.75) is 13.1 Å². The van der Waals surface area contributed by atoms with E-state index in [1.807, 2.05) is 0 Å². The molecule has 0 saturated heterocycles. The summed E-state index contributed by atoms with van der Waals surface area (Å²) in [4.78, 5) is 39.5. The molecule has 3 aromatic carbocycles. The van der Waals surface area contributed by atoms with Gasteiger partial charge >= 0.3 is 5.69 Å². The highest BCUT2D eigenvalue weighted by atomic mass is 19.1. The van der Waals surface area contributed by atoms with Gasteiger partial charge in [-0.15, -0.1) is 0 Å². The van der Waals surface area contributed by atoms with Gasteiger partial charge in [0, 0.05) is 17.8 Å². The van der Waals surface area contributed by atoms with Crippen molar-refractivity contribution < 1.29 is 23.4 Å². The smallest absolute Gasteiger partial charge is 0.332 e. The van der Waals surface area contributed by atoms with E-state index in [1.54, 1.807) is 36.4 Å². The number of carbonyl (C=O) groups excluding carboxylic acids is 1. The maximum absolute atomic E-state index is 13.4. The van der Waals surface area contributed by atoms with Crippen molar-refractivity contribution in [1.29, 1.82) is 0 Å². The van der Waals surface area contributed by atoms with Crippen molar-refractivity contribution in [2.24, 2.45) is 0 Å². The van der Waals surface area contributed by atoms with E-state index in [0.717, 1.165) is 4.57 Å². The average molecular weight is 493 g/mol. The molecule has 36 heavy (non-hydrogen) atoms. The Balaban J connectivity index is 1.72. The van der Waals surface area contributed by atoms with Crippen LogP contribution in [0, 0.1) is 5.82 Å². The van der Waals surface area contributed by atoms with Crippen molar-refractivity contribution >= 4 is 22.5 Å². The Morgan fingerprint density at radius 3 is 2.14 bits per heavy atom. The number of para-hydroxylation sites is 1. The lowest BCUT2D eigenvalue weighted by Gasteiger charge is -2.16. The monoisotopic (exact) mass is 493 g/mol. The van der Waals surface area contributed by atoms with Gasteiger partial charge in [-0.05, 0) is 29.8 Å². The number of fused-ring (bicyclic) bond motifs is 1. The molecule has 186 valence electrons. The second-order valence-corrected chi connectivity index (χ2v) is 7.87. The minimum atomic E-state index is -0.664. The first-order valence-electron chi connectivity index (χ1n) is 10.9. The first kappa shape index (κ1) is 24.5. The lowest BCUT2D eigenvalue weighted by molar-refractivity contribution is -0.116. The van der Waals surface area contributed by atoms with Crippen LogP contribution in [0.3, 0.4) is 0 Å². The molecule has 0 aliphatic carbocycles. The van der Waals surface area contributed by atoms with Gasteiger partial charge in [-0.1, -0.05) is 24.3 Å². The Morgan fingerprint density at radius 2 is 1.53 bits per heavy atom. The van der Waals surface area contributed by atoms with Gasteiger partial charge in [0.15, 0.2) is 11.5 Å². The fraction of sp³-hybridized carbons (Fsp3) is 0.192. The predicted octanol–water partition coefficient (Wildman–Crippen LogP) is 3.02. The molecule has 0 aliphatic heterocycles. The topological polar surface area (TPSA) is 101 Å². The third-order valence-corrected chi connectivity index (χ3v) is 5.64. The molecular formula is C26H24FN3O6. The lowest BCUT2D eigenvalue weighted by atomic mass is 10.2. The first-order chi connectivity index (χ1) is 17.4. The quantitative estimate of drug-likeness (QED) is 0.405. The van der Waals surface area contributed by atoms with Crippen LogP contribution in [0.5, 0.6) is 17.2 Å². The zero-order valence-electron chi connectivity index (χ0n) is 19.9. The molecule has 0 spiro atoms. The number of hydrogen-bond donors (Lipinski definition) is 1. The van der Waals surface area contributed by atoms with Crippen LogP contribution < -0.4 is 30.8 Å². The number of hydrogen-bond acceptors (Lipinski definition) is 6. The molecule has 1 aromatic heterocycles. The molecule has 4 aromatic rings.